The smallest absolute Gasteiger partial charge is 0.408 e. The van der Waals surface area contributed by atoms with Crippen LogP contribution in [0.15, 0.2) is 29.0 Å². The van der Waals surface area contributed by atoms with Crippen molar-refractivity contribution < 1.29 is 9.53 Å². The van der Waals surface area contributed by atoms with Crippen molar-refractivity contribution in [1.82, 2.24) is 14.7 Å². The Morgan fingerprint density at radius 1 is 1.50 bits per heavy atom. The standard InChI is InChI=1S/C14H18BrN3O2/c1-9(16-13(19)20-14(2,3)4)11-8-18-7-5-6-10(15)12(18)17-11/h5-9H,1-4H3,(H,16,19)/t9-/m0/s1. The van der Waals surface area contributed by atoms with Crippen LogP contribution < -0.4 is 5.32 Å². The number of nitrogens with one attached hydrogen (secondary N) is 1. The van der Waals surface area contributed by atoms with Gasteiger partial charge in [0.25, 0.3) is 0 Å². The quantitative estimate of drug-likeness (QED) is 0.907. The third-order valence-electron chi connectivity index (χ3n) is 2.63. The molecule has 2 aromatic heterocycles. The number of aromatic nitrogens is 2. The van der Waals surface area contributed by atoms with Gasteiger partial charge in [0.05, 0.1) is 16.2 Å². The molecular formula is C14H18BrN3O2. The summed E-state index contributed by atoms with van der Waals surface area (Å²) in [5.41, 5.74) is 1.09. The lowest BCUT2D eigenvalue weighted by Gasteiger charge is -2.21. The molecule has 0 saturated carbocycles. The number of halogens is 1. The maximum Gasteiger partial charge on any atom is 0.408 e. The highest BCUT2D eigenvalue weighted by molar-refractivity contribution is 9.10. The topological polar surface area (TPSA) is 55.6 Å². The first-order chi connectivity index (χ1) is 9.26. The van der Waals surface area contributed by atoms with Crippen LogP contribution in [0.1, 0.15) is 39.4 Å². The normalized spacial score (nSPS) is 13.2. The molecular weight excluding hydrogens is 322 g/mol. The molecule has 0 unspecified atom stereocenters. The van der Waals surface area contributed by atoms with Crippen molar-refractivity contribution >= 4 is 27.7 Å². The van der Waals surface area contributed by atoms with Crippen molar-refractivity contribution in [3.05, 3.63) is 34.7 Å². The third kappa shape index (κ3) is 3.50. The minimum atomic E-state index is -0.508. The Hall–Kier alpha value is -1.56. The second-order valence-electron chi connectivity index (χ2n) is 5.62. The van der Waals surface area contributed by atoms with E-state index in [2.05, 4.69) is 26.2 Å². The van der Waals surface area contributed by atoms with E-state index in [0.29, 0.717) is 0 Å². The first-order valence-electron chi connectivity index (χ1n) is 6.39. The lowest BCUT2D eigenvalue weighted by molar-refractivity contribution is 0.0507. The lowest BCUT2D eigenvalue weighted by Crippen LogP contribution is -2.34. The van der Waals surface area contributed by atoms with E-state index in [4.69, 9.17) is 4.74 Å². The van der Waals surface area contributed by atoms with Crippen LogP contribution in [0.4, 0.5) is 4.79 Å². The number of amides is 1. The van der Waals surface area contributed by atoms with Crippen molar-refractivity contribution in [1.29, 1.82) is 0 Å². The number of hydrogen-bond donors (Lipinski definition) is 1. The molecule has 2 heterocycles. The van der Waals surface area contributed by atoms with E-state index < -0.39 is 11.7 Å². The Morgan fingerprint density at radius 3 is 2.80 bits per heavy atom. The van der Waals surface area contributed by atoms with Gasteiger partial charge in [0.15, 0.2) is 5.65 Å². The number of fused-ring (bicyclic) bond motifs is 1. The van der Waals surface area contributed by atoms with Crippen molar-refractivity contribution in [3.63, 3.8) is 0 Å². The molecule has 1 amide bonds. The van der Waals surface area contributed by atoms with Crippen LogP contribution in [-0.2, 0) is 4.74 Å². The fourth-order valence-electron chi connectivity index (χ4n) is 1.76. The fourth-order valence-corrected chi connectivity index (χ4v) is 2.21. The molecule has 20 heavy (non-hydrogen) atoms. The Bertz CT molecular complexity index is 631. The van der Waals surface area contributed by atoms with Gasteiger partial charge >= 0.3 is 6.09 Å². The van der Waals surface area contributed by atoms with Crippen LogP contribution in [0.3, 0.4) is 0 Å². The average molecular weight is 340 g/mol. The number of carbonyl (C=O) groups is 1. The largest absolute Gasteiger partial charge is 0.444 e. The summed E-state index contributed by atoms with van der Waals surface area (Å²) in [5.74, 6) is 0. The Balaban J connectivity index is 2.13. The number of pyridine rings is 1. The van der Waals surface area contributed by atoms with Crippen LogP contribution in [-0.4, -0.2) is 21.1 Å². The van der Waals surface area contributed by atoms with Gasteiger partial charge in [-0.05, 0) is 55.8 Å². The van der Waals surface area contributed by atoms with Gasteiger partial charge in [0.1, 0.15) is 5.60 Å². The van der Waals surface area contributed by atoms with E-state index in [1.165, 1.54) is 0 Å². The molecule has 0 aliphatic carbocycles. The average Bonchev–Trinajstić information content (AvgIpc) is 2.71. The number of ether oxygens (including phenoxy) is 1. The summed E-state index contributed by atoms with van der Waals surface area (Å²) in [6, 6.07) is 3.63. The zero-order valence-corrected chi connectivity index (χ0v) is 13.6. The van der Waals surface area contributed by atoms with Crippen molar-refractivity contribution in [2.75, 3.05) is 0 Å². The molecule has 0 bridgehead atoms. The Kier molecular flexibility index (Phi) is 4.04. The van der Waals surface area contributed by atoms with E-state index in [9.17, 15) is 4.79 Å². The van der Waals surface area contributed by atoms with E-state index in [1.54, 1.807) is 0 Å². The monoisotopic (exact) mass is 339 g/mol. The SMILES string of the molecule is C[C@H](NC(=O)OC(C)(C)C)c1cn2cccc(Br)c2n1. The van der Waals surface area contributed by atoms with Gasteiger partial charge in [-0.2, -0.15) is 0 Å². The summed E-state index contributed by atoms with van der Waals surface area (Å²) < 4.78 is 8.06. The molecule has 1 atom stereocenters. The predicted molar refractivity (Wildman–Crippen MR) is 80.7 cm³/mol. The summed E-state index contributed by atoms with van der Waals surface area (Å²) >= 11 is 3.45. The fraction of sp³-hybridized carbons (Fsp3) is 0.429. The van der Waals surface area contributed by atoms with Crippen LogP contribution in [0.5, 0.6) is 0 Å². The molecule has 0 aromatic carbocycles. The van der Waals surface area contributed by atoms with Gasteiger partial charge < -0.3 is 14.5 Å². The minimum Gasteiger partial charge on any atom is -0.444 e. The van der Waals surface area contributed by atoms with Crippen LogP contribution in [0.25, 0.3) is 5.65 Å². The van der Waals surface area contributed by atoms with E-state index in [-0.39, 0.29) is 6.04 Å². The lowest BCUT2D eigenvalue weighted by atomic mass is 10.2. The predicted octanol–water partition coefficient (Wildman–Crippen LogP) is 3.68. The molecule has 108 valence electrons. The number of hydrogen-bond acceptors (Lipinski definition) is 3. The molecule has 0 aliphatic rings. The molecule has 1 N–H and O–H groups in total. The van der Waals surface area contributed by atoms with E-state index in [1.807, 2.05) is 56.6 Å². The maximum absolute atomic E-state index is 11.7. The number of imidazole rings is 1. The maximum atomic E-state index is 11.7. The van der Waals surface area contributed by atoms with Crippen molar-refractivity contribution in [2.45, 2.75) is 39.3 Å². The summed E-state index contributed by atoms with van der Waals surface area (Å²) in [5, 5.41) is 2.78. The minimum absolute atomic E-state index is 0.225. The van der Waals surface area contributed by atoms with Gasteiger partial charge in [-0.25, -0.2) is 9.78 Å². The van der Waals surface area contributed by atoms with Gasteiger partial charge in [0, 0.05) is 12.4 Å². The van der Waals surface area contributed by atoms with Crippen LogP contribution in [0, 0.1) is 0 Å². The van der Waals surface area contributed by atoms with Crippen LogP contribution >= 0.6 is 15.9 Å². The van der Waals surface area contributed by atoms with Crippen molar-refractivity contribution in [3.8, 4) is 0 Å². The molecule has 0 aliphatic heterocycles. The molecule has 5 nitrogen and oxygen atoms in total. The number of nitrogens with zero attached hydrogens (tertiary/aromatic N) is 2. The number of alkyl carbamates (subject to hydrolysis) is 1. The first-order valence-corrected chi connectivity index (χ1v) is 7.18. The first kappa shape index (κ1) is 14.8. The molecule has 0 spiro atoms. The summed E-state index contributed by atoms with van der Waals surface area (Å²) in [7, 11) is 0. The summed E-state index contributed by atoms with van der Waals surface area (Å²) in [4.78, 5) is 16.3. The second kappa shape index (κ2) is 5.44. The van der Waals surface area contributed by atoms with Gasteiger partial charge in [0.2, 0.25) is 0 Å². The number of carbonyl (C=O) groups excluding carboxylic acids is 1. The van der Waals surface area contributed by atoms with E-state index >= 15 is 0 Å². The highest BCUT2D eigenvalue weighted by Crippen LogP contribution is 2.20. The highest BCUT2D eigenvalue weighted by atomic mass is 79.9. The summed E-state index contributed by atoms with van der Waals surface area (Å²) in [6.07, 6.45) is 3.36. The van der Waals surface area contributed by atoms with Gasteiger partial charge in [-0.1, -0.05) is 0 Å². The van der Waals surface area contributed by atoms with E-state index in [0.717, 1.165) is 15.8 Å². The van der Waals surface area contributed by atoms with Crippen LogP contribution in [0.2, 0.25) is 0 Å². The summed E-state index contributed by atoms with van der Waals surface area (Å²) in [6.45, 7) is 7.37. The highest BCUT2D eigenvalue weighted by Gasteiger charge is 2.19. The Morgan fingerprint density at radius 2 is 2.20 bits per heavy atom. The zero-order chi connectivity index (χ0) is 14.9. The molecule has 0 saturated heterocycles. The second-order valence-corrected chi connectivity index (χ2v) is 6.48. The Labute approximate surface area is 126 Å². The molecule has 0 fully saturated rings. The third-order valence-corrected chi connectivity index (χ3v) is 3.25. The molecule has 6 heteroatoms. The van der Waals surface area contributed by atoms with Crippen molar-refractivity contribution in [2.24, 2.45) is 0 Å². The molecule has 2 aromatic rings. The van der Waals surface area contributed by atoms with Gasteiger partial charge in [-0.15, -0.1) is 0 Å². The van der Waals surface area contributed by atoms with Gasteiger partial charge in [-0.3, -0.25) is 0 Å². The molecule has 0 radical (unpaired) electrons. The zero-order valence-electron chi connectivity index (χ0n) is 12.0. The molecule has 2 rings (SSSR count). The number of rotatable bonds is 2.